The van der Waals surface area contributed by atoms with Crippen LogP contribution in [0.15, 0.2) is 23.6 Å². The Morgan fingerprint density at radius 1 is 1.42 bits per heavy atom. The predicted octanol–water partition coefficient (Wildman–Crippen LogP) is 2.06. The lowest BCUT2D eigenvalue weighted by atomic mass is 10.4. The number of aromatic nitrogens is 2. The Kier molecular flexibility index (Phi) is 4.57. The van der Waals surface area contributed by atoms with E-state index < -0.39 is 0 Å². The number of nitrogens with one attached hydrogen (secondary N) is 2. The van der Waals surface area contributed by atoms with E-state index in [4.69, 9.17) is 0 Å². The minimum absolute atomic E-state index is 0.144. The zero-order chi connectivity index (χ0) is 13.7. The van der Waals surface area contributed by atoms with Gasteiger partial charge in [0.25, 0.3) is 0 Å². The van der Waals surface area contributed by atoms with Crippen molar-refractivity contribution >= 4 is 17.4 Å². The van der Waals surface area contributed by atoms with Crippen molar-refractivity contribution in [1.82, 2.24) is 20.4 Å². The molecular weight excluding hydrogens is 260 g/mol. The molecule has 6 heteroatoms. The molecule has 0 saturated carbocycles. The fourth-order valence-corrected chi connectivity index (χ4v) is 2.46. The Morgan fingerprint density at radius 3 is 2.89 bits per heavy atom. The zero-order valence-electron chi connectivity index (χ0n) is 11.1. The van der Waals surface area contributed by atoms with Gasteiger partial charge in [-0.15, -0.1) is 11.3 Å². The summed E-state index contributed by atoms with van der Waals surface area (Å²) in [5.74, 6) is 0. The van der Waals surface area contributed by atoms with Gasteiger partial charge in [-0.2, -0.15) is 5.10 Å². The van der Waals surface area contributed by atoms with E-state index in [0.29, 0.717) is 19.6 Å². The summed E-state index contributed by atoms with van der Waals surface area (Å²) in [5, 5.41) is 12.0. The van der Waals surface area contributed by atoms with Crippen LogP contribution in [0, 0.1) is 13.8 Å². The van der Waals surface area contributed by atoms with Gasteiger partial charge in [-0.3, -0.25) is 4.68 Å². The third-order valence-corrected chi connectivity index (χ3v) is 3.59. The first-order valence-corrected chi connectivity index (χ1v) is 7.08. The van der Waals surface area contributed by atoms with Gasteiger partial charge in [-0.25, -0.2) is 4.79 Å². The summed E-state index contributed by atoms with van der Waals surface area (Å²) in [6, 6.07) is 5.86. The summed E-state index contributed by atoms with van der Waals surface area (Å²) >= 11 is 1.63. The van der Waals surface area contributed by atoms with Crippen molar-refractivity contribution in [3.63, 3.8) is 0 Å². The minimum Gasteiger partial charge on any atom is -0.336 e. The number of carbonyl (C=O) groups excluding carboxylic acids is 1. The summed E-state index contributed by atoms with van der Waals surface area (Å²) in [6.45, 7) is 5.80. The highest BCUT2D eigenvalue weighted by atomic mass is 32.1. The number of urea groups is 1. The van der Waals surface area contributed by atoms with Crippen LogP contribution in [-0.4, -0.2) is 22.4 Å². The van der Waals surface area contributed by atoms with Crippen LogP contribution in [0.1, 0.15) is 16.3 Å². The molecule has 5 nitrogen and oxygen atoms in total. The molecule has 2 rings (SSSR count). The SMILES string of the molecule is Cc1cc(C)n(CCNC(=O)NCc2cccs2)n1. The van der Waals surface area contributed by atoms with Gasteiger partial charge < -0.3 is 10.6 Å². The third kappa shape index (κ3) is 4.10. The largest absolute Gasteiger partial charge is 0.336 e. The maximum absolute atomic E-state index is 11.6. The molecule has 0 aliphatic rings. The number of amides is 2. The molecule has 0 bridgehead atoms. The number of rotatable bonds is 5. The molecule has 0 atom stereocenters. The number of thiophene rings is 1. The maximum Gasteiger partial charge on any atom is 0.315 e. The normalized spacial score (nSPS) is 10.4. The van der Waals surface area contributed by atoms with Gasteiger partial charge in [-0.05, 0) is 31.4 Å². The molecule has 2 aromatic rings. The molecular formula is C13H18N4OS. The summed E-state index contributed by atoms with van der Waals surface area (Å²) in [6.07, 6.45) is 0. The number of hydrogen-bond acceptors (Lipinski definition) is 3. The number of carbonyl (C=O) groups is 1. The standard InChI is InChI=1S/C13H18N4OS/c1-10-8-11(2)17(16-10)6-5-14-13(18)15-9-12-4-3-7-19-12/h3-4,7-8H,5-6,9H2,1-2H3,(H2,14,15,18). The second kappa shape index (κ2) is 6.38. The van der Waals surface area contributed by atoms with Crippen molar-refractivity contribution in [2.75, 3.05) is 6.54 Å². The van der Waals surface area contributed by atoms with E-state index in [0.717, 1.165) is 16.3 Å². The maximum atomic E-state index is 11.6. The van der Waals surface area contributed by atoms with Crippen LogP contribution < -0.4 is 10.6 Å². The molecule has 0 unspecified atom stereocenters. The second-order valence-electron chi connectivity index (χ2n) is 4.34. The monoisotopic (exact) mass is 278 g/mol. The summed E-state index contributed by atoms with van der Waals surface area (Å²) in [7, 11) is 0. The van der Waals surface area contributed by atoms with Gasteiger partial charge in [0.2, 0.25) is 0 Å². The topological polar surface area (TPSA) is 59.0 Å². The van der Waals surface area contributed by atoms with Crippen LogP contribution in [-0.2, 0) is 13.1 Å². The van der Waals surface area contributed by atoms with E-state index in [9.17, 15) is 4.79 Å². The molecule has 2 N–H and O–H groups in total. The highest BCUT2D eigenvalue weighted by Gasteiger charge is 2.03. The molecule has 2 aromatic heterocycles. The van der Waals surface area contributed by atoms with Crippen molar-refractivity contribution in [3.05, 3.63) is 39.8 Å². The fourth-order valence-electron chi connectivity index (χ4n) is 1.82. The molecule has 0 aliphatic carbocycles. The quantitative estimate of drug-likeness (QED) is 0.879. The summed E-state index contributed by atoms with van der Waals surface area (Å²) < 4.78 is 1.90. The van der Waals surface area contributed by atoms with Crippen LogP contribution in [0.3, 0.4) is 0 Å². The van der Waals surface area contributed by atoms with Gasteiger partial charge in [0, 0.05) is 17.1 Å². The van der Waals surface area contributed by atoms with Crippen molar-refractivity contribution in [2.24, 2.45) is 0 Å². The Bertz CT molecular complexity index is 533. The number of nitrogens with zero attached hydrogens (tertiary/aromatic N) is 2. The van der Waals surface area contributed by atoms with Crippen LogP contribution in [0.4, 0.5) is 4.79 Å². The highest BCUT2D eigenvalue weighted by molar-refractivity contribution is 7.09. The van der Waals surface area contributed by atoms with Crippen molar-refractivity contribution in [2.45, 2.75) is 26.9 Å². The van der Waals surface area contributed by atoms with Crippen molar-refractivity contribution in [3.8, 4) is 0 Å². The van der Waals surface area contributed by atoms with E-state index in [-0.39, 0.29) is 6.03 Å². The number of hydrogen-bond donors (Lipinski definition) is 2. The van der Waals surface area contributed by atoms with Crippen LogP contribution in [0.2, 0.25) is 0 Å². The molecule has 0 saturated heterocycles. The van der Waals surface area contributed by atoms with Crippen LogP contribution >= 0.6 is 11.3 Å². The first kappa shape index (κ1) is 13.6. The fraction of sp³-hybridized carbons (Fsp3) is 0.385. The van der Waals surface area contributed by atoms with Crippen molar-refractivity contribution < 1.29 is 4.79 Å². The van der Waals surface area contributed by atoms with Gasteiger partial charge in [0.15, 0.2) is 0 Å². The molecule has 0 aromatic carbocycles. The first-order valence-electron chi connectivity index (χ1n) is 6.20. The lowest BCUT2D eigenvalue weighted by Gasteiger charge is -2.08. The van der Waals surface area contributed by atoms with Crippen molar-refractivity contribution in [1.29, 1.82) is 0 Å². The van der Waals surface area contributed by atoms with Crippen LogP contribution in [0.5, 0.6) is 0 Å². The lowest BCUT2D eigenvalue weighted by Crippen LogP contribution is -2.36. The van der Waals surface area contributed by atoms with Gasteiger partial charge in [-0.1, -0.05) is 6.07 Å². The minimum atomic E-state index is -0.144. The lowest BCUT2D eigenvalue weighted by molar-refractivity contribution is 0.240. The molecule has 0 radical (unpaired) electrons. The van der Waals surface area contributed by atoms with E-state index in [2.05, 4.69) is 15.7 Å². The Morgan fingerprint density at radius 2 is 2.26 bits per heavy atom. The number of aryl methyl sites for hydroxylation is 2. The average Bonchev–Trinajstić information content (AvgIpc) is 2.97. The molecule has 102 valence electrons. The van der Waals surface area contributed by atoms with E-state index in [1.54, 1.807) is 11.3 Å². The molecule has 0 aliphatic heterocycles. The Balaban J connectivity index is 1.68. The molecule has 19 heavy (non-hydrogen) atoms. The molecule has 2 heterocycles. The second-order valence-corrected chi connectivity index (χ2v) is 5.37. The third-order valence-electron chi connectivity index (χ3n) is 2.72. The molecule has 2 amide bonds. The first-order chi connectivity index (χ1) is 9.15. The Hall–Kier alpha value is -1.82. The molecule has 0 fully saturated rings. The van der Waals surface area contributed by atoms with Crippen LogP contribution in [0.25, 0.3) is 0 Å². The average molecular weight is 278 g/mol. The van der Waals surface area contributed by atoms with E-state index >= 15 is 0 Å². The summed E-state index contributed by atoms with van der Waals surface area (Å²) in [4.78, 5) is 12.7. The molecule has 0 spiro atoms. The van der Waals surface area contributed by atoms with E-state index in [1.165, 1.54) is 0 Å². The summed E-state index contributed by atoms with van der Waals surface area (Å²) in [5.41, 5.74) is 2.11. The smallest absolute Gasteiger partial charge is 0.315 e. The highest BCUT2D eigenvalue weighted by Crippen LogP contribution is 2.07. The van der Waals surface area contributed by atoms with Gasteiger partial charge in [0.1, 0.15) is 0 Å². The van der Waals surface area contributed by atoms with Gasteiger partial charge in [0.05, 0.1) is 18.8 Å². The Labute approximate surface area is 116 Å². The van der Waals surface area contributed by atoms with Gasteiger partial charge >= 0.3 is 6.03 Å². The van der Waals surface area contributed by atoms with E-state index in [1.807, 2.05) is 42.1 Å². The predicted molar refractivity (Wildman–Crippen MR) is 76.3 cm³/mol. The zero-order valence-corrected chi connectivity index (χ0v) is 12.0.